The minimum Gasteiger partial charge on any atom is -0.486 e. The van der Waals surface area contributed by atoms with Gasteiger partial charge in [0.15, 0.2) is 0 Å². The van der Waals surface area contributed by atoms with Crippen molar-refractivity contribution in [3.05, 3.63) is 167 Å². The summed E-state index contributed by atoms with van der Waals surface area (Å²) in [6.07, 6.45) is 44.1. The summed E-state index contributed by atoms with van der Waals surface area (Å²) in [4.78, 5) is 0. The first-order chi connectivity index (χ1) is 25.8. The lowest BCUT2D eigenvalue weighted by molar-refractivity contribution is -0.147. The van der Waals surface area contributed by atoms with E-state index in [1.807, 2.05) is 0 Å². The van der Waals surface area contributed by atoms with E-state index >= 15 is 0 Å². The Morgan fingerprint density at radius 1 is 0.731 bits per heavy atom. The predicted octanol–water partition coefficient (Wildman–Crippen LogP) is 11.1. The highest BCUT2D eigenvalue weighted by molar-refractivity contribution is 5.98. The summed E-state index contributed by atoms with van der Waals surface area (Å²) in [6.45, 7) is 0. The summed E-state index contributed by atoms with van der Waals surface area (Å²) in [6, 6.07) is 18.5. The van der Waals surface area contributed by atoms with Gasteiger partial charge in [-0.3, -0.25) is 0 Å². The Labute approximate surface area is 307 Å². The lowest BCUT2D eigenvalue weighted by Crippen LogP contribution is -2.62. The molecule has 8 atom stereocenters. The SMILES string of the molecule is C1=CC2OC3=CCCC=C3C3(C2C=C1)C1C=CC(c2cccc4c5c(n(C6C=CCCC6)c24)CCCC5)=CC1OC1C(c2ccccc2)=CC=CC13. The number of aryl methyl sites for hydroxylation is 1. The molecule has 0 amide bonds. The van der Waals surface area contributed by atoms with Crippen molar-refractivity contribution < 1.29 is 9.47 Å². The van der Waals surface area contributed by atoms with Gasteiger partial charge >= 0.3 is 0 Å². The molecular formula is C49H47NO2. The second-order valence-corrected chi connectivity index (χ2v) is 16.1. The van der Waals surface area contributed by atoms with Crippen molar-refractivity contribution in [1.82, 2.24) is 4.57 Å². The largest absolute Gasteiger partial charge is 0.486 e. The fourth-order valence-corrected chi connectivity index (χ4v) is 11.6. The van der Waals surface area contributed by atoms with Crippen molar-refractivity contribution in [2.45, 2.75) is 82.1 Å². The van der Waals surface area contributed by atoms with Gasteiger partial charge in [-0.1, -0.05) is 115 Å². The van der Waals surface area contributed by atoms with E-state index in [4.69, 9.17) is 9.47 Å². The Balaban J connectivity index is 1.11. The molecule has 2 saturated heterocycles. The Hall–Kier alpha value is -4.60. The fraction of sp³-hybridized carbons (Fsp3) is 0.347. The number of aromatic nitrogens is 1. The van der Waals surface area contributed by atoms with E-state index in [0.29, 0.717) is 6.04 Å². The van der Waals surface area contributed by atoms with E-state index in [1.165, 1.54) is 83.7 Å². The highest BCUT2D eigenvalue weighted by Crippen LogP contribution is 2.65. The number of allylic oxidation sites excluding steroid dienone is 11. The molecule has 0 radical (unpaired) electrons. The van der Waals surface area contributed by atoms with Crippen molar-refractivity contribution in [1.29, 1.82) is 0 Å². The maximum Gasteiger partial charge on any atom is 0.124 e. The predicted molar refractivity (Wildman–Crippen MR) is 211 cm³/mol. The zero-order valence-electron chi connectivity index (χ0n) is 29.9. The third kappa shape index (κ3) is 4.48. The summed E-state index contributed by atoms with van der Waals surface area (Å²) < 4.78 is 17.2. The quantitative estimate of drug-likeness (QED) is 0.257. The topological polar surface area (TPSA) is 23.4 Å². The number of rotatable bonds is 3. The molecule has 1 spiro atoms. The molecule has 1 aromatic heterocycles. The first-order valence-electron chi connectivity index (χ1n) is 20.0. The molecule has 260 valence electrons. The van der Waals surface area contributed by atoms with E-state index in [-0.39, 0.29) is 41.5 Å². The molecule has 3 heterocycles. The van der Waals surface area contributed by atoms with Gasteiger partial charge in [-0.2, -0.15) is 0 Å². The second-order valence-electron chi connectivity index (χ2n) is 16.1. The fourth-order valence-electron chi connectivity index (χ4n) is 11.6. The summed E-state index contributed by atoms with van der Waals surface area (Å²) in [5.74, 6) is 1.58. The highest BCUT2D eigenvalue weighted by atomic mass is 16.5. The molecule has 3 heteroatoms. The summed E-state index contributed by atoms with van der Waals surface area (Å²) >= 11 is 0. The molecule has 8 aliphatic rings. The van der Waals surface area contributed by atoms with Crippen LogP contribution < -0.4 is 0 Å². The molecule has 6 aliphatic carbocycles. The van der Waals surface area contributed by atoms with E-state index in [9.17, 15) is 0 Å². The lowest BCUT2D eigenvalue weighted by Gasteiger charge is -2.62. The van der Waals surface area contributed by atoms with Gasteiger partial charge in [0, 0.05) is 39.8 Å². The molecule has 2 aromatic carbocycles. The molecule has 0 N–H and O–H groups in total. The van der Waals surface area contributed by atoms with Crippen LogP contribution in [0.1, 0.15) is 73.4 Å². The number of fused-ring (bicyclic) bond motifs is 11. The Bertz CT molecular complexity index is 2230. The summed E-state index contributed by atoms with van der Waals surface area (Å²) in [5.41, 5.74) is 10.9. The van der Waals surface area contributed by atoms with Crippen molar-refractivity contribution in [2.75, 3.05) is 0 Å². The van der Waals surface area contributed by atoms with Gasteiger partial charge in [-0.25, -0.2) is 0 Å². The molecule has 3 aromatic rings. The van der Waals surface area contributed by atoms with Crippen LogP contribution in [0, 0.1) is 23.2 Å². The molecule has 0 saturated carbocycles. The smallest absolute Gasteiger partial charge is 0.124 e. The minimum absolute atomic E-state index is 0.00366. The van der Waals surface area contributed by atoms with Gasteiger partial charge in [0.2, 0.25) is 0 Å². The number of ether oxygens (including phenoxy) is 2. The zero-order chi connectivity index (χ0) is 34.2. The van der Waals surface area contributed by atoms with E-state index < -0.39 is 0 Å². The van der Waals surface area contributed by atoms with Gasteiger partial charge < -0.3 is 14.0 Å². The van der Waals surface area contributed by atoms with Crippen LogP contribution in [0.25, 0.3) is 22.0 Å². The standard InChI is InChI=1S/C49H47NO2/c1-3-15-32(16-4-1)36-21-14-25-42-48(36)52-46-31-33(29-30-41(46)49(42)39-23-8-11-27-44(39)51-45-28-12-9-24-40(45)49)35-20-13-22-38-37-19-7-10-26-43(37)50(47(35)38)34-17-5-2-6-18-34/h1,3-5,8,11,13-17,20-25,27-31,34,39,41-42,44,46,48H,2,6-7,9-10,12,18-19,26H2. The molecule has 3 nitrogen and oxygen atoms in total. The van der Waals surface area contributed by atoms with Crippen molar-refractivity contribution in [3.63, 3.8) is 0 Å². The Morgan fingerprint density at radius 3 is 2.52 bits per heavy atom. The van der Waals surface area contributed by atoms with Crippen LogP contribution in [0.3, 0.4) is 0 Å². The average molecular weight is 682 g/mol. The molecule has 0 bridgehead atoms. The molecule has 2 fully saturated rings. The summed E-state index contributed by atoms with van der Waals surface area (Å²) in [5, 5.41) is 1.46. The minimum atomic E-state index is -0.231. The highest BCUT2D eigenvalue weighted by Gasteiger charge is 2.64. The molecule has 2 aliphatic heterocycles. The molecule has 11 rings (SSSR count). The molecule has 8 unspecified atom stereocenters. The van der Waals surface area contributed by atoms with Gasteiger partial charge in [-0.05, 0) is 104 Å². The zero-order valence-corrected chi connectivity index (χ0v) is 29.9. The van der Waals surface area contributed by atoms with Crippen molar-refractivity contribution in [2.24, 2.45) is 23.2 Å². The second kappa shape index (κ2) is 12.2. The van der Waals surface area contributed by atoms with Crippen LogP contribution in [0.5, 0.6) is 0 Å². The maximum absolute atomic E-state index is 7.55. The first kappa shape index (κ1) is 31.0. The van der Waals surface area contributed by atoms with Crippen molar-refractivity contribution in [3.8, 4) is 0 Å². The third-order valence-electron chi connectivity index (χ3n) is 13.6. The number of hydrogen-bond acceptors (Lipinski definition) is 2. The number of para-hydroxylation sites is 1. The van der Waals surface area contributed by atoms with Crippen LogP contribution in [-0.2, 0) is 22.3 Å². The van der Waals surface area contributed by atoms with Crippen LogP contribution in [-0.4, -0.2) is 22.9 Å². The van der Waals surface area contributed by atoms with Gasteiger partial charge in [0.1, 0.15) is 11.9 Å². The Morgan fingerprint density at radius 2 is 1.60 bits per heavy atom. The van der Waals surface area contributed by atoms with Crippen LogP contribution in [0.15, 0.2) is 145 Å². The monoisotopic (exact) mass is 681 g/mol. The number of nitrogens with zero attached hydrogens (tertiary/aromatic N) is 1. The van der Waals surface area contributed by atoms with E-state index in [2.05, 4.69) is 138 Å². The normalized spacial score (nSPS) is 33.9. The van der Waals surface area contributed by atoms with Gasteiger partial charge in [0.25, 0.3) is 0 Å². The van der Waals surface area contributed by atoms with Crippen LogP contribution >= 0.6 is 0 Å². The van der Waals surface area contributed by atoms with Crippen LogP contribution in [0.2, 0.25) is 0 Å². The van der Waals surface area contributed by atoms with E-state index in [0.717, 1.165) is 18.6 Å². The number of hydrogen-bond donors (Lipinski definition) is 0. The molecular weight excluding hydrogens is 635 g/mol. The van der Waals surface area contributed by atoms with E-state index in [1.54, 1.807) is 11.3 Å². The number of benzene rings is 2. The third-order valence-corrected chi connectivity index (χ3v) is 13.6. The first-order valence-corrected chi connectivity index (χ1v) is 20.0. The summed E-state index contributed by atoms with van der Waals surface area (Å²) in [7, 11) is 0. The average Bonchev–Trinajstić information content (AvgIpc) is 3.56. The maximum atomic E-state index is 7.55. The van der Waals surface area contributed by atoms with Crippen LogP contribution in [0.4, 0.5) is 0 Å². The van der Waals surface area contributed by atoms with Gasteiger partial charge in [0.05, 0.1) is 23.8 Å². The van der Waals surface area contributed by atoms with Crippen molar-refractivity contribution >= 4 is 22.0 Å². The van der Waals surface area contributed by atoms with Gasteiger partial charge in [-0.15, -0.1) is 0 Å². The lowest BCUT2D eigenvalue weighted by atomic mass is 9.47. The molecule has 52 heavy (non-hydrogen) atoms. The Kier molecular flexibility index (Phi) is 7.29.